The molecule has 1 unspecified atom stereocenters. The highest BCUT2D eigenvalue weighted by Crippen LogP contribution is 2.23. The highest BCUT2D eigenvalue weighted by molar-refractivity contribution is 5.64. The van der Waals surface area contributed by atoms with Crippen molar-refractivity contribution in [2.24, 2.45) is 0 Å². The standard InChI is InChI=1S/C15H17FN4/c1-10-12(3-2-4-13(10)16)14-8-18-9-15(20-14)19-11-5-6-17-7-11/h2-4,8-9,11,17H,5-7H2,1H3,(H,19,20). The van der Waals surface area contributed by atoms with Crippen molar-refractivity contribution in [2.45, 2.75) is 19.4 Å². The van der Waals surface area contributed by atoms with Crippen molar-refractivity contribution < 1.29 is 4.39 Å². The van der Waals surface area contributed by atoms with Crippen molar-refractivity contribution >= 4 is 5.82 Å². The van der Waals surface area contributed by atoms with Crippen LogP contribution in [0.4, 0.5) is 10.2 Å². The van der Waals surface area contributed by atoms with Crippen molar-refractivity contribution in [3.63, 3.8) is 0 Å². The molecule has 1 fully saturated rings. The molecular weight excluding hydrogens is 255 g/mol. The van der Waals surface area contributed by atoms with Crippen LogP contribution in [0, 0.1) is 12.7 Å². The number of aromatic nitrogens is 2. The lowest BCUT2D eigenvalue weighted by atomic mass is 10.1. The molecule has 2 N–H and O–H groups in total. The van der Waals surface area contributed by atoms with Gasteiger partial charge >= 0.3 is 0 Å². The van der Waals surface area contributed by atoms with Gasteiger partial charge in [-0.2, -0.15) is 0 Å². The van der Waals surface area contributed by atoms with E-state index in [0.717, 1.165) is 30.9 Å². The number of rotatable bonds is 3. The summed E-state index contributed by atoms with van der Waals surface area (Å²) < 4.78 is 13.6. The van der Waals surface area contributed by atoms with Crippen LogP contribution in [0.2, 0.25) is 0 Å². The Morgan fingerprint density at radius 3 is 3.05 bits per heavy atom. The number of nitrogens with zero attached hydrogens (tertiary/aromatic N) is 2. The van der Waals surface area contributed by atoms with Gasteiger partial charge in [0.05, 0.1) is 18.1 Å². The highest BCUT2D eigenvalue weighted by Gasteiger charge is 2.15. The Hall–Kier alpha value is -2.01. The third-order valence-corrected chi connectivity index (χ3v) is 3.59. The lowest BCUT2D eigenvalue weighted by Crippen LogP contribution is -2.22. The first-order valence-electron chi connectivity index (χ1n) is 6.79. The fourth-order valence-electron chi connectivity index (χ4n) is 2.44. The monoisotopic (exact) mass is 272 g/mol. The number of halogens is 1. The molecule has 0 saturated carbocycles. The van der Waals surface area contributed by atoms with Crippen LogP contribution < -0.4 is 10.6 Å². The van der Waals surface area contributed by atoms with E-state index < -0.39 is 0 Å². The van der Waals surface area contributed by atoms with Gasteiger partial charge in [-0.1, -0.05) is 12.1 Å². The first kappa shape index (κ1) is 13.0. The minimum absolute atomic E-state index is 0.220. The molecule has 1 aliphatic rings. The van der Waals surface area contributed by atoms with E-state index in [0.29, 0.717) is 17.3 Å². The maximum atomic E-state index is 13.6. The van der Waals surface area contributed by atoms with Gasteiger partial charge in [-0.05, 0) is 31.5 Å². The van der Waals surface area contributed by atoms with Gasteiger partial charge in [0.25, 0.3) is 0 Å². The number of hydrogen-bond donors (Lipinski definition) is 2. The van der Waals surface area contributed by atoms with Gasteiger partial charge in [0.1, 0.15) is 11.6 Å². The summed E-state index contributed by atoms with van der Waals surface area (Å²) in [6, 6.07) is 5.40. The van der Waals surface area contributed by atoms with Gasteiger partial charge in [-0.3, -0.25) is 4.98 Å². The van der Waals surface area contributed by atoms with Gasteiger partial charge in [0.2, 0.25) is 0 Å². The quantitative estimate of drug-likeness (QED) is 0.900. The molecule has 2 aromatic rings. The molecule has 0 radical (unpaired) electrons. The maximum Gasteiger partial charge on any atom is 0.145 e. The van der Waals surface area contributed by atoms with Gasteiger partial charge in [0, 0.05) is 18.2 Å². The molecule has 1 aromatic heterocycles. The maximum absolute atomic E-state index is 13.6. The van der Waals surface area contributed by atoms with Crippen molar-refractivity contribution in [3.8, 4) is 11.3 Å². The molecule has 20 heavy (non-hydrogen) atoms. The zero-order valence-electron chi connectivity index (χ0n) is 11.4. The van der Waals surface area contributed by atoms with Crippen LogP contribution in [0.15, 0.2) is 30.6 Å². The molecule has 2 heterocycles. The van der Waals surface area contributed by atoms with Gasteiger partial charge in [0.15, 0.2) is 0 Å². The predicted molar refractivity (Wildman–Crippen MR) is 77.1 cm³/mol. The van der Waals surface area contributed by atoms with Crippen LogP contribution in [0.3, 0.4) is 0 Å². The summed E-state index contributed by atoms with van der Waals surface area (Å²) in [5, 5.41) is 6.65. The molecule has 1 atom stereocenters. The Kier molecular flexibility index (Phi) is 3.60. The van der Waals surface area contributed by atoms with Gasteiger partial charge in [-0.25, -0.2) is 9.37 Å². The molecule has 0 bridgehead atoms. The Morgan fingerprint density at radius 1 is 1.35 bits per heavy atom. The molecule has 3 rings (SSSR count). The normalized spacial score (nSPS) is 18.2. The van der Waals surface area contributed by atoms with Crippen LogP contribution in [-0.2, 0) is 0 Å². The van der Waals surface area contributed by atoms with Gasteiger partial charge in [-0.15, -0.1) is 0 Å². The largest absolute Gasteiger partial charge is 0.365 e. The number of nitrogens with one attached hydrogen (secondary N) is 2. The highest BCUT2D eigenvalue weighted by atomic mass is 19.1. The minimum Gasteiger partial charge on any atom is -0.365 e. The molecule has 1 saturated heterocycles. The molecule has 1 aromatic carbocycles. The van der Waals surface area contributed by atoms with E-state index in [-0.39, 0.29) is 5.82 Å². The van der Waals surface area contributed by atoms with Crippen molar-refractivity contribution in [1.29, 1.82) is 0 Å². The zero-order valence-corrected chi connectivity index (χ0v) is 11.4. The van der Waals surface area contributed by atoms with E-state index in [4.69, 9.17) is 0 Å². The molecule has 4 nitrogen and oxygen atoms in total. The fourth-order valence-corrected chi connectivity index (χ4v) is 2.44. The van der Waals surface area contributed by atoms with Crippen LogP contribution in [0.1, 0.15) is 12.0 Å². The van der Waals surface area contributed by atoms with E-state index in [9.17, 15) is 4.39 Å². The second kappa shape index (κ2) is 5.54. The van der Waals surface area contributed by atoms with Crippen molar-refractivity contribution in [3.05, 3.63) is 42.0 Å². The fraction of sp³-hybridized carbons (Fsp3) is 0.333. The Bertz CT molecular complexity index is 609. The van der Waals surface area contributed by atoms with Gasteiger partial charge < -0.3 is 10.6 Å². The number of anilines is 1. The molecule has 0 aliphatic carbocycles. The van der Waals surface area contributed by atoms with Crippen LogP contribution in [-0.4, -0.2) is 29.1 Å². The summed E-state index contributed by atoms with van der Waals surface area (Å²) in [4.78, 5) is 8.75. The summed E-state index contributed by atoms with van der Waals surface area (Å²) >= 11 is 0. The van der Waals surface area contributed by atoms with E-state index >= 15 is 0 Å². The minimum atomic E-state index is -0.220. The van der Waals surface area contributed by atoms with Crippen LogP contribution in [0.5, 0.6) is 0 Å². The summed E-state index contributed by atoms with van der Waals surface area (Å²) in [7, 11) is 0. The lowest BCUT2D eigenvalue weighted by Gasteiger charge is -2.13. The van der Waals surface area contributed by atoms with E-state index in [1.807, 2.05) is 6.07 Å². The second-order valence-corrected chi connectivity index (χ2v) is 5.04. The van der Waals surface area contributed by atoms with E-state index in [2.05, 4.69) is 20.6 Å². The molecule has 5 heteroatoms. The van der Waals surface area contributed by atoms with Crippen LogP contribution >= 0.6 is 0 Å². The molecule has 0 amide bonds. The summed E-state index contributed by atoms with van der Waals surface area (Å²) in [6.45, 7) is 3.71. The van der Waals surface area contributed by atoms with Crippen molar-refractivity contribution in [1.82, 2.24) is 15.3 Å². The summed E-state index contributed by atoms with van der Waals surface area (Å²) in [6.07, 6.45) is 4.45. The SMILES string of the molecule is Cc1c(F)cccc1-c1cncc(NC2CCNC2)n1. The average Bonchev–Trinajstić information content (AvgIpc) is 2.95. The van der Waals surface area contributed by atoms with Crippen molar-refractivity contribution in [2.75, 3.05) is 18.4 Å². The first-order chi connectivity index (χ1) is 9.74. The summed E-state index contributed by atoms with van der Waals surface area (Å²) in [5.74, 6) is 0.516. The number of hydrogen-bond acceptors (Lipinski definition) is 4. The first-order valence-corrected chi connectivity index (χ1v) is 6.79. The Labute approximate surface area is 117 Å². The van der Waals surface area contributed by atoms with E-state index in [1.165, 1.54) is 6.07 Å². The smallest absolute Gasteiger partial charge is 0.145 e. The third kappa shape index (κ3) is 2.63. The lowest BCUT2D eigenvalue weighted by molar-refractivity contribution is 0.619. The molecule has 104 valence electrons. The second-order valence-electron chi connectivity index (χ2n) is 5.04. The molecule has 1 aliphatic heterocycles. The number of benzene rings is 1. The van der Waals surface area contributed by atoms with E-state index in [1.54, 1.807) is 25.4 Å². The molecular formula is C15H17FN4. The van der Waals surface area contributed by atoms with Crippen LogP contribution in [0.25, 0.3) is 11.3 Å². The third-order valence-electron chi connectivity index (χ3n) is 3.59. The summed E-state index contributed by atoms with van der Waals surface area (Å²) in [5.41, 5.74) is 2.07. The Morgan fingerprint density at radius 2 is 2.25 bits per heavy atom. The Balaban J connectivity index is 1.88. The zero-order chi connectivity index (χ0) is 13.9. The molecule has 0 spiro atoms. The predicted octanol–water partition coefficient (Wildman–Crippen LogP) is 2.36. The topological polar surface area (TPSA) is 49.8 Å². The average molecular weight is 272 g/mol.